The zero-order chi connectivity index (χ0) is 15.0. The number of aliphatic carboxylic acids is 1. The number of aryl methyl sites for hydroxylation is 1. The van der Waals surface area contributed by atoms with Crippen LogP contribution < -0.4 is 4.90 Å². The highest BCUT2D eigenvalue weighted by atomic mass is 19.1. The summed E-state index contributed by atoms with van der Waals surface area (Å²) in [6, 6.07) is 2.30. The van der Waals surface area contributed by atoms with E-state index in [1.165, 1.54) is 13.0 Å². The van der Waals surface area contributed by atoms with Gasteiger partial charge in [0.2, 0.25) is 0 Å². The minimum absolute atomic E-state index is 0.113. The summed E-state index contributed by atoms with van der Waals surface area (Å²) in [7, 11) is 0. The molecule has 1 fully saturated rings. The van der Waals surface area contributed by atoms with Crippen molar-refractivity contribution < 1.29 is 19.2 Å². The Morgan fingerprint density at radius 2 is 2.15 bits per heavy atom. The molecule has 1 aliphatic rings. The van der Waals surface area contributed by atoms with E-state index in [0.717, 1.165) is 6.07 Å². The molecule has 6 nitrogen and oxygen atoms in total. The molecule has 0 aromatic heterocycles. The number of carboxylic acids is 1. The maximum atomic E-state index is 13.5. The predicted octanol–water partition coefficient (Wildman–Crippen LogP) is 2.20. The lowest BCUT2D eigenvalue weighted by atomic mass is 9.99. The largest absolute Gasteiger partial charge is 0.481 e. The molecule has 1 saturated heterocycles. The van der Waals surface area contributed by atoms with Crippen LogP contribution in [0.5, 0.6) is 0 Å². The SMILES string of the molecule is Cc1cc(N2C[C@@H](C)[C@H](C(=O)O)C2)c([N+](=O)[O-])cc1F. The summed E-state index contributed by atoms with van der Waals surface area (Å²) in [5.74, 6) is -2.23. The normalized spacial score (nSPS) is 22.1. The first-order valence-electron chi connectivity index (χ1n) is 6.23. The van der Waals surface area contributed by atoms with E-state index in [4.69, 9.17) is 5.11 Å². The van der Waals surface area contributed by atoms with Crippen molar-refractivity contribution in [2.45, 2.75) is 13.8 Å². The van der Waals surface area contributed by atoms with Crippen LogP contribution in [-0.2, 0) is 4.79 Å². The Morgan fingerprint density at radius 1 is 1.50 bits per heavy atom. The molecule has 108 valence electrons. The molecule has 2 rings (SSSR count). The van der Waals surface area contributed by atoms with E-state index in [9.17, 15) is 19.3 Å². The van der Waals surface area contributed by atoms with Crippen molar-refractivity contribution >= 4 is 17.3 Å². The van der Waals surface area contributed by atoms with E-state index in [0.29, 0.717) is 12.1 Å². The van der Waals surface area contributed by atoms with Gasteiger partial charge in [-0.3, -0.25) is 14.9 Å². The minimum Gasteiger partial charge on any atom is -0.481 e. The van der Waals surface area contributed by atoms with Gasteiger partial charge in [0.15, 0.2) is 0 Å². The Bertz CT molecular complexity index is 576. The van der Waals surface area contributed by atoms with Gasteiger partial charge in [0.25, 0.3) is 5.69 Å². The van der Waals surface area contributed by atoms with Crippen molar-refractivity contribution in [3.8, 4) is 0 Å². The number of anilines is 1. The molecule has 1 aromatic carbocycles. The van der Waals surface area contributed by atoms with E-state index in [1.54, 1.807) is 11.8 Å². The van der Waals surface area contributed by atoms with Gasteiger partial charge in [0.1, 0.15) is 11.5 Å². The number of carbonyl (C=O) groups is 1. The molecular formula is C13H15FN2O4. The lowest BCUT2D eigenvalue weighted by molar-refractivity contribution is -0.384. The Labute approximate surface area is 115 Å². The minimum atomic E-state index is -0.915. The van der Waals surface area contributed by atoms with Crippen LogP contribution in [0.15, 0.2) is 12.1 Å². The van der Waals surface area contributed by atoms with Gasteiger partial charge in [-0.05, 0) is 24.5 Å². The molecule has 0 spiro atoms. The van der Waals surface area contributed by atoms with E-state index < -0.39 is 22.6 Å². The van der Waals surface area contributed by atoms with Gasteiger partial charge in [-0.1, -0.05) is 6.92 Å². The summed E-state index contributed by atoms with van der Waals surface area (Å²) < 4.78 is 13.5. The first kappa shape index (κ1) is 14.2. The molecule has 0 bridgehead atoms. The molecule has 0 unspecified atom stereocenters. The molecule has 1 N–H and O–H groups in total. The number of carboxylic acid groups (broad SMARTS) is 1. The standard InChI is InChI=1S/C13H15FN2O4/c1-7-3-11(12(16(19)20)4-10(7)14)15-5-8(2)9(6-15)13(17)18/h3-4,8-9H,5-6H2,1-2H3,(H,17,18)/t8-,9-/m1/s1. The molecule has 1 heterocycles. The topological polar surface area (TPSA) is 83.7 Å². The van der Waals surface area contributed by atoms with E-state index in [1.807, 2.05) is 0 Å². The monoisotopic (exact) mass is 282 g/mol. The van der Waals surface area contributed by atoms with Gasteiger partial charge in [0, 0.05) is 13.1 Å². The summed E-state index contributed by atoms with van der Waals surface area (Å²) in [6.45, 7) is 3.92. The van der Waals surface area contributed by atoms with Crippen molar-refractivity contribution in [3.05, 3.63) is 33.6 Å². The van der Waals surface area contributed by atoms with Gasteiger partial charge in [0.05, 0.1) is 16.9 Å². The van der Waals surface area contributed by atoms with Crippen LogP contribution in [-0.4, -0.2) is 29.1 Å². The van der Waals surface area contributed by atoms with Gasteiger partial charge in [-0.2, -0.15) is 0 Å². The van der Waals surface area contributed by atoms with Crippen molar-refractivity contribution in [1.82, 2.24) is 0 Å². The Hall–Kier alpha value is -2.18. The van der Waals surface area contributed by atoms with Gasteiger partial charge >= 0.3 is 5.97 Å². The lowest BCUT2D eigenvalue weighted by Gasteiger charge is -2.18. The quantitative estimate of drug-likeness (QED) is 0.678. The van der Waals surface area contributed by atoms with Crippen LogP contribution in [0.4, 0.5) is 15.8 Å². The predicted molar refractivity (Wildman–Crippen MR) is 70.3 cm³/mol. The summed E-state index contributed by atoms with van der Waals surface area (Å²) >= 11 is 0. The summed E-state index contributed by atoms with van der Waals surface area (Å²) in [4.78, 5) is 23.1. The van der Waals surface area contributed by atoms with Crippen LogP contribution in [0.25, 0.3) is 0 Å². The van der Waals surface area contributed by atoms with Gasteiger partial charge in [-0.15, -0.1) is 0 Å². The first-order chi connectivity index (χ1) is 9.31. The van der Waals surface area contributed by atoms with E-state index in [2.05, 4.69) is 0 Å². The number of nitrogens with zero attached hydrogens (tertiary/aromatic N) is 2. The number of nitro benzene ring substituents is 1. The number of hydrogen-bond donors (Lipinski definition) is 1. The fourth-order valence-corrected chi connectivity index (χ4v) is 2.54. The average molecular weight is 282 g/mol. The molecule has 0 saturated carbocycles. The third-order valence-electron chi connectivity index (χ3n) is 3.72. The van der Waals surface area contributed by atoms with E-state index >= 15 is 0 Å². The number of rotatable bonds is 3. The molecular weight excluding hydrogens is 267 g/mol. The highest BCUT2D eigenvalue weighted by Crippen LogP contribution is 2.36. The average Bonchev–Trinajstić information content (AvgIpc) is 2.74. The second kappa shape index (κ2) is 5.07. The molecule has 0 radical (unpaired) electrons. The Balaban J connectivity index is 2.41. The summed E-state index contributed by atoms with van der Waals surface area (Å²) in [6.07, 6.45) is 0. The zero-order valence-corrected chi connectivity index (χ0v) is 11.2. The number of hydrogen-bond acceptors (Lipinski definition) is 4. The molecule has 0 amide bonds. The fraction of sp³-hybridized carbons (Fsp3) is 0.462. The second-order valence-electron chi connectivity index (χ2n) is 5.17. The van der Waals surface area contributed by atoms with Crippen molar-refractivity contribution in [2.24, 2.45) is 11.8 Å². The van der Waals surface area contributed by atoms with E-state index in [-0.39, 0.29) is 23.8 Å². The van der Waals surface area contributed by atoms with Crippen molar-refractivity contribution in [1.29, 1.82) is 0 Å². The molecule has 1 aromatic rings. The summed E-state index contributed by atoms with van der Waals surface area (Å²) in [5, 5.41) is 20.1. The molecule has 0 aliphatic carbocycles. The van der Waals surface area contributed by atoms with Gasteiger partial charge in [-0.25, -0.2) is 4.39 Å². The van der Waals surface area contributed by atoms with Crippen LogP contribution in [0, 0.1) is 34.7 Å². The van der Waals surface area contributed by atoms with Crippen LogP contribution in [0.2, 0.25) is 0 Å². The summed E-state index contributed by atoms with van der Waals surface area (Å²) in [5.41, 5.74) is 0.257. The number of halogens is 1. The second-order valence-corrected chi connectivity index (χ2v) is 5.17. The number of benzene rings is 1. The van der Waals surface area contributed by atoms with Gasteiger partial charge < -0.3 is 10.0 Å². The maximum Gasteiger partial charge on any atom is 0.308 e. The Kier molecular flexibility index (Phi) is 3.61. The maximum absolute atomic E-state index is 13.5. The molecule has 2 atom stereocenters. The molecule has 1 aliphatic heterocycles. The van der Waals surface area contributed by atoms with Crippen molar-refractivity contribution in [2.75, 3.05) is 18.0 Å². The number of nitro groups is 1. The third kappa shape index (κ3) is 2.43. The highest BCUT2D eigenvalue weighted by molar-refractivity contribution is 5.74. The van der Waals surface area contributed by atoms with Crippen molar-refractivity contribution in [3.63, 3.8) is 0 Å². The van der Waals surface area contributed by atoms with Crippen LogP contribution in [0.3, 0.4) is 0 Å². The lowest BCUT2D eigenvalue weighted by Crippen LogP contribution is -2.23. The van der Waals surface area contributed by atoms with Crippen LogP contribution in [0.1, 0.15) is 12.5 Å². The molecule has 7 heteroatoms. The fourth-order valence-electron chi connectivity index (χ4n) is 2.54. The molecule has 20 heavy (non-hydrogen) atoms. The first-order valence-corrected chi connectivity index (χ1v) is 6.23. The zero-order valence-electron chi connectivity index (χ0n) is 11.2. The third-order valence-corrected chi connectivity index (χ3v) is 3.72. The smallest absolute Gasteiger partial charge is 0.308 e. The van der Waals surface area contributed by atoms with Crippen LogP contribution >= 0.6 is 0 Å². The Morgan fingerprint density at radius 3 is 2.65 bits per heavy atom. The highest BCUT2D eigenvalue weighted by Gasteiger charge is 2.37.